The predicted molar refractivity (Wildman–Crippen MR) is 60.2 cm³/mol. The van der Waals surface area contributed by atoms with Gasteiger partial charge in [0.2, 0.25) is 0 Å². The molecule has 1 aromatic carbocycles. The van der Waals surface area contributed by atoms with Gasteiger partial charge in [-0.05, 0) is 31.0 Å². The summed E-state index contributed by atoms with van der Waals surface area (Å²) >= 11 is 0. The van der Waals surface area contributed by atoms with Crippen LogP contribution in [0.4, 0.5) is 0 Å². The standard InChI is InChI=1S/C10H15NO4S/c1-7(11)5-8-3-4-9(15-2)10(6-8)16(12,13)14/h3-4,6-7H,5,11H2,1-2H3,(H,12,13,14)/t7-/m0/s1. The Labute approximate surface area is 95.0 Å². The Bertz CT molecular complexity index is 468. The third-order valence-electron chi connectivity index (χ3n) is 2.06. The van der Waals surface area contributed by atoms with Crippen LogP contribution in [0.25, 0.3) is 0 Å². The molecule has 0 aliphatic heterocycles. The summed E-state index contributed by atoms with van der Waals surface area (Å²) in [5.41, 5.74) is 6.35. The number of ether oxygens (including phenoxy) is 1. The fourth-order valence-corrected chi connectivity index (χ4v) is 2.13. The highest BCUT2D eigenvalue weighted by molar-refractivity contribution is 7.86. The lowest BCUT2D eigenvalue weighted by atomic mass is 10.1. The number of nitrogens with two attached hydrogens (primary N) is 1. The number of hydrogen-bond acceptors (Lipinski definition) is 4. The van der Waals surface area contributed by atoms with E-state index in [2.05, 4.69) is 0 Å². The zero-order valence-electron chi connectivity index (χ0n) is 9.17. The lowest BCUT2D eigenvalue weighted by Gasteiger charge is -2.10. The quantitative estimate of drug-likeness (QED) is 0.767. The fraction of sp³-hybridized carbons (Fsp3) is 0.400. The fourth-order valence-electron chi connectivity index (χ4n) is 1.42. The monoisotopic (exact) mass is 245 g/mol. The number of hydrogen-bond donors (Lipinski definition) is 2. The lowest BCUT2D eigenvalue weighted by molar-refractivity contribution is 0.397. The Morgan fingerprint density at radius 1 is 1.50 bits per heavy atom. The third-order valence-corrected chi connectivity index (χ3v) is 2.94. The second kappa shape index (κ2) is 4.82. The highest BCUT2D eigenvalue weighted by Crippen LogP contribution is 2.24. The Hall–Kier alpha value is -1.11. The first-order valence-electron chi connectivity index (χ1n) is 4.74. The van der Waals surface area contributed by atoms with Gasteiger partial charge in [0.05, 0.1) is 7.11 Å². The average molecular weight is 245 g/mol. The molecule has 5 nitrogen and oxygen atoms in total. The van der Waals surface area contributed by atoms with Crippen LogP contribution in [0.5, 0.6) is 5.75 Å². The van der Waals surface area contributed by atoms with Crippen molar-refractivity contribution in [2.24, 2.45) is 5.73 Å². The molecule has 0 saturated carbocycles. The molecule has 0 spiro atoms. The summed E-state index contributed by atoms with van der Waals surface area (Å²) in [4.78, 5) is -0.229. The number of benzene rings is 1. The molecule has 0 unspecified atom stereocenters. The molecule has 0 saturated heterocycles. The van der Waals surface area contributed by atoms with Crippen molar-refractivity contribution in [3.05, 3.63) is 23.8 Å². The summed E-state index contributed by atoms with van der Waals surface area (Å²) in [5.74, 6) is 0.121. The maximum absolute atomic E-state index is 11.1. The molecule has 3 N–H and O–H groups in total. The van der Waals surface area contributed by atoms with Gasteiger partial charge in [0.15, 0.2) is 0 Å². The minimum Gasteiger partial charge on any atom is -0.495 e. The van der Waals surface area contributed by atoms with E-state index in [9.17, 15) is 8.42 Å². The molecule has 1 aromatic rings. The SMILES string of the molecule is COc1ccc(C[C@H](C)N)cc1S(=O)(=O)O. The minimum atomic E-state index is -4.27. The van der Waals surface area contributed by atoms with E-state index >= 15 is 0 Å². The summed E-state index contributed by atoms with van der Waals surface area (Å²) < 4.78 is 36.1. The lowest BCUT2D eigenvalue weighted by Crippen LogP contribution is -2.18. The van der Waals surface area contributed by atoms with E-state index in [1.165, 1.54) is 19.2 Å². The van der Waals surface area contributed by atoms with E-state index < -0.39 is 10.1 Å². The third kappa shape index (κ3) is 3.19. The van der Waals surface area contributed by atoms with E-state index in [4.69, 9.17) is 15.0 Å². The van der Waals surface area contributed by atoms with Crippen molar-refractivity contribution in [2.75, 3.05) is 7.11 Å². The van der Waals surface area contributed by atoms with Gasteiger partial charge >= 0.3 is 0 Å². The molecule has 0 aromatic heterocycles. The highest BCUT2D eigenvalue weighted by atomic mass is 32.2. The molecule has 16 heavy (non-hydrogen) atoms. The molecular weight excluding hydrogens is 230 g/mol. The van der Waals surface area contributed by atoms with Crippen molar-refractivity contribution in [2.45, 2.75) is 24.3 Å². The molecule has 0 bridgehead atoms. The molecule has 6 heteroatoms. The van der Waals surface area contributed by atoms with Crippen molar-refractivity contribution in [3.8, 4) is 5.75 Å². The largest absolute Gasteiger partial charge is 0.495 e. The van der Waals surface area contributed by atoms with E-state index in [0.29, 0.717) is 6.42 Å². The zero-order valence-corrected chi connectivity index (χ0v) is 9.99. The van der Waals surface area contributed by atoms with Crippen LogP contribution in [0, 0.1) is 0 Å². The first-order chi connectivity index (χ1) is 7.34. The van der Waals surface area contributed by atoms with Crippen LogP contribution in [0.2, 0.25) is 0 Å². The van der Waals surface area contributed by atoms with Crippen LogP contribution in [-0.2, 0) is 16.5 Å². The van der Waals surface area contributed by atoms with Crippen LogP contribution in [0.15, 0.2) is 23.1 Å². The Kier molecular flexibility index (Phi) is 3.90. The summed E-state index contributed by atoms with van der Waals surface area (Å²) in [6.07, 6.45) is 0.534. The normalized spacial score (nSPS) is 13.5. The first kappa shape index (κ1) is 13.0. The second-order valence-electron chi connectivity index (χ2n) is 3.64. The van der Waals surface area contributed by atoms with E-state index in [0.717, 1.165) is 5.56 Å². The van der Waals surface area contributed by atoms with Gasteiger partial charge in [0.25, 0.3) is 10.1 Å². The number of methoxy groups -OCH3 is 1. The molecule has 0 heterocycles. The van der Waals surface area contributed by atoms with Gasteiger partial charge in [-0.25, -0.2) is 0 Å². The maximum Gasteiger partial charge on any atom is 0.298 e. The Morgan fingerprint density at radius 2 is 2.12 bits per heavy atom. The van der Waals surface area contributed by atoms with Crippen molar-refractivity contribution in [3.63, 3.8) is 0 Å². The predicted octanol–water partition coefficient (Wildman–Crippen LogP) is 0.832. The van der Waals surface area contributed by atoms with Gasteiger partial charge in [-0.1, -0.05) is 6.07 Å². The second-order valence-corrected chi connectivity index (χ2v) is 5.03. The van der Waals surface area contributed by atoms with E-state index in [1.807, 2.05) is 6.92 Å². The maximum atomic E-state index is 11.1. The summed E-state index contributed by atoms with van der Waals surface area (Å²) in [5, 5.41) is 0. The Balaban J connectivity index is 3.22. The molecule has 0 aliphatic rings. The van der Waals surface area contributed by atoms with E-state index in [1.54, 1.807) is 6.07 Å². The van der Waals surface area contributed by atoms with Crippen LogP contribution in [0.3, 0.4) is 0 Å². The van der Waals surface area contributed by atoms with Crippen LogP contribution in [-0.4, -0.2) is 26.1 Å². The topological polar surface area (TPSA) is 89.6 Å². The molecule has 1 rings (SSSR count). The highest BCUT2D eigenvalue weighted by Gasteiger charge is 2.17. The van der Waals surface area contributed by atoms with Gasteiger partial charge in [0.1, 0.15) is 10.6 Å². The molecule has 0 radical (unpaired) electrons. The molecule has 1 atom stereocenters. The summed E-state index contributed by atoms with van der Waals surface area (Å²) in [6.45, 7) is 1.82. The molecular formula is C10H15NO4S. The van der Waals surface area contributed by atoms with Crippen LogP contribution in [0.1, 0.15) is 12.5 Å². The molecule has 0 aliphatic carbocycles. The first-order valence-corrected chi connectivity index (χ1v) is 6.18. The van der Waals surface area contributed by atoms with Gasteiger partial charge in [-0.3, -0.25) is 4.55 Å². The van der Waals surface area contributed by atoms with Crippen molar-refractivity contribution >= 4 is 10.1 Å². The summed E-state index contributed by atoms with van der Waals surface area (Å²) in [6, 6.07) is 4.51. The van der Waals surface area contributed by atoms with Crippen molar-refractivity contribution in [1.82, 2.24) is 0 Å². The average Bonchev–Trinajstić information content (AvgIpc) is 2.15. The molecule has 90 valence electrons. The van der Waals surface area contributed by atoms with Crippen LogP contribution >= 0.6 is 0 Å². The van der Waals surface area contributed by atoms with Crippen molar-refractivity contribution < 1.29 is 17.7 Å². The molecule has 0 fully saturated rings. The zero-order chi connectivity index (χ0) is 12.3. The van der Waals surface area contributed by atoms with E-state index in [-0.39, 0.29) is 16.7 Å². The van der Waals surface area contributed by atoms with Gasteiger partial charge in [0, 0.05) is 6.04 Å². The van der Waals surface area contributed by atoms with Gasteiger partial charge in [-0.2, -0.15) is 8.42 Å². The minimum absolute atomic E-state index is 0.0809. The summed E-state index contributed by atoms with van der Waals surface area (Å²) in [7, 11) is -2.93. The van der Waals surface area contributed by atoms with Gasteiger partial charge in [-0.15, -0.1) is 0 Å². The van der Waals surface area contributed by atoms with Crippen LogP contribution < -0.4 is 10.5 Å². The Morgan fingerprint density at radius 3 is 2.56 bits per heavy atom. The van der Waals surface area contributed by atoms with Crippen molar-refractivity contribution in [1.29, 1.82) is 0 Å². The van der Waals surface area contributed by atoms with Gasteiger partial charge < -0.3 is 10.5 Å². The number of rotatable bonds is 4. The smallest absolute Gasteiger partial charge is 0.298 e. The molecule has 0 amide bonds.